The van der Waals surface area contributed by atoms with E-state index in [1.165, 1.54) is 5.70 Å². The highest BCUT2D eigenvalue weighted by Crippen LogP contribution is 2.26. The molecule has 0 saturated heterocycles. The summed E-state index contributed by atoms with van der Waals surface area (Å²) >= 11 is 0. The zero-order valence-electron chi connectivity index (χ0n) is 10.7. The number of benzene rings is 1. The van der Waals surface area contributed by atoms with Gasteiger partial charge in [-0.1, -0.05) is 44.2 Å². The molecule has 1 heterocycles. The Labute approximate surface area is 106 Å². The average Bonchev–Trinajstić information content (AvgIpc) is 2.42. The maximum Gasteiger partial charge on any atom is 0.106 e. The highest BCUT2D eigenvalue weighted by Gasteiger charge is 2.15. The molecular weight excluding hydrogens is 229 g/mol. The average molecular weight is 249 g/mol. The van der Waals surface area contributed by atoms with Crippen LogP contribution in [0.4, 0.5) is 5.69 Å². The zero-order valence-corrected chi connectivity index (χ0v) is 11.8. The normalized spacial score (nSPS) is 18.2. The van der Waals surface area contributed by atoms with Gasteiger partial charge in [0.25, 0.3) is 0 Å². The van der Waals surface area contributed by atoms with Crippen LogP contribution in [0.1, 0.15) is 27.2 Å². The van der Waals surface area contributed by atoms with Gasteiger partial charge in [0.05, 0.1) is 5.69 Å². The maximum atomic E-state index is 4.20. The third-order valence-corrected chi connectivity index (χ3v) is 2.60. The molecule has 92 valence electrons. The molecule has 0 radical (unpaired) electrons. The molecule has 1 aromatic carbocycles. The maximum absolute atomic E-state index is 4.20. The van der Waals surface area contributed by atoms with Gasteiger partial charge in [-0.25, -0.2) is 5.01 Å². The van der Waals surface area contributed by atoms with Crippen LogP contribution < -0.4 is 5.01 Å². The number of para-hydroxylation sites is 1. The fourth-order valence-corrected chi connectivity index (χ4v) is 1.81. The van der Waals surface area contributed by atoms with Gasteiger partial charge in [0, 0.05) is 5.70 Å². The van der Waals surface area contributed by atoms with Crippen molar-refractivity contribution in [3.8, 4) is 0 Å². The highest BCUT2D eigenvalue weighted by molar-refractivity contribution is 7.17. The van der Waals surface area contributed by atoms with Gasteiger partial charge in [-0.2, -0.15) is 5.11 Å². The monoisotopic (exact) mass is 249 g/mol. The van der Waals surface area contributed by atoms with Crippen molar-refractivity contribution in [2.75, 3.05) is 5.01 Å². The minimum Gasteiger partial charge on any atom is -0.220 e. The van der Waals surface area contributed by atoms with Crippen LogP contribution >= 0.6 is 9.24 Å². The van der Waals surface area contributed by atoms with Crippen molar-refractivity contribution in [2.45, 2.75) is 33.0 Å². The molecule has 0 saturated carbocycles. The summed E-state index contributed by atoms with van der Waals surface area (Å²) in [5.41, 5.74) is 2.25. The van der Waals surface area contributed by atoms with Gasteiger partial charge >= 0.3 is 0 Å². The lowest BCUT2D eigenvalue weighted by molar-refractivity contribution is 0.776. The molecule has 0 N–H and O–H groups in total. The van der Waals surface area contributed by atoms with Gasteiger partial charge in [0.2, 0.25) is 0 Å². The van der Waals surface area contributed by atoms with Crippen molar-refractivity contribution in [1.82, 2.24) is 0 Å². The summed E-state index contributed by atoms with van der Waals surface area (Å²) in [7, 11) is 2.65. The second-order valence-electron chi connectivity index (χ2n) is 3.35. The SMILES string of the molecule is CC.CCC1=CC(P)N=NN1c1ccccc1. The number of rotatable bonds is 2. The second-order valence-corrected chi connectivity index (χ2v) is 4.04. The molecule has 4 heteroatoms. The van der Waals surface area contributed by atoms with E-state index >= 15 is 0 Å². The van der Waals surface area contributed by atoms with Crippen LogP contribution in [-0.2, 0) is 0 Å². The minimum absolute atomic E-state index is 0.111. The number of hydrogen-bond donors (Lipinski definition) is 0. The van der Waals surface area contributed by atoms with Crippen LogP contribution in [-0.4, -0.2) is 5.78 Å². The van der Waals surface area contributed by atoms with Crippen molar-refractivity contribution in [3.05, 3.63) is 42.1 Å². The molecule has 0 aliphatic carbocycles. The molecule has 2 unspecified atom stereocenters. The molecule has 0 amide bonds. The number of nitrogens with zero attached hydrogens (tertiary/aromatic N) is 3. The zero-order chi connectivity index (χ0) is 12.7. The van der Waals surface area contributed by atoms with Crippen molar-refractivity contribution < 1.29 is 0 Å². The van der Waals surface area contributed by atoms with E-state index in [0.29, 0.717) is 0 Å². The molecule has 0 aromatic heterocycles. The molecular formula is C13H20N3P. The molecule has 3 nitrogen and oxygen atoms in total. The van der Waals surface area contributed by atoms with E-state index < -0.39 is 0 Å². The van der Waals surface area contributed by atoms with Gasteiger partial charge in [-0.15, -0.1) is 9.24 Å². The van der Waals surface area contributed by atoms with Crippen LogP contribution in [0.3, 0.4) is 0 Å². The molecule has 17 heavy (non-hydrogen) atoms. The Balaban J connectivity index is 0.000000686. The second kappa shape index (κ2) is 7.18. The van der Waals surface area contributed by atoms with Gasteiger partial charge < -0.3 is 0 Å². The summed E-state index contributed by atoms with van der Waals surface area (Å²) in [4.78, 5) is 0. The van der Waals surface area contributed by atoms with Crippen LogP contribution in [0.2, 0.25) is 0 Å². The Kier molecular flexibility index (Phi) is 5.85. The van der Waals surface area contributed by atoms with Crippen LogP contribution in [0.5, 0.6) is 0 Å². The number of allylic oxidation sites excluding steroid dienone is 1. The fraction of sp³-hybridized carbons (Fsp3) is 0.385. The lowest BCUT2D eigenvalue weighted by atomic mass is 10.2. The molecule has 0 spiro atoms. The first-order chi connectivity index (χ1) is 8.31. The third kappa shape index (κ3) is 3.64. The Morgan fingerprint density at radius 1 is 1.24 bits per heavy atom. The first-order valence-corrected chi connectivity index (χ1v) is 6.70. The predicted molar refractivity (Wildman–Crippen MR) is 77.0 cm³/mol. The van der Waals surface area contributed by atoms with Gasteiger partial charge in [0.15, 0.2) is 0 Å². The molecule has 1 aliphatic heterocycles. The minimum atomic E-state index is 0.111. The summed E-state index contributed by atoms with van der Waals surface area (Å²) in [6, 6.07) is 10.1. The first kappa shape index (κ1) is 13.9. The number of anilines is 1. The Hall–Kier alpha value is -1.21. The summed E-state index contributed by atoms with van der Waals surface area (Å²) < 4.78 is 0. The first-order valence-electron chi connectivity index (χ1n) is 6.03. The predicted octanol–water partition coefficient (Wildman–Crippen LogP) is 4.40. The highest BCUT2D eigenvalue weighted by atomic mass is 31.0. The third-order valence-electron chi connectivity index (χ3n) is 2.27. The smallest absolute Gasteiger partial charge is 0.106 e. The van der Waals surface area contributed by atoms with Crippen molar-refractivity contribution in [2.24, 2.45) is 10.3 Å². The Morgan fingerprint density at radius 2 is 1.88 bits per heavy atom. The molecule has 1 aromatic rings. The topological polar surface area (TPSA) is 28.0 Å². The van der Waals surface area contributed by atoms with E-state index in [0.717, 1.165) is 12.1 Å². The lowest BCUT2D eigenvalue weighted by Gasteiger charge is -2.24. The van der Waals surface area contributed by atoms with E-state index in [2.05, 4.69) is 32.6 Å². The summed E-state index contributed by atoms with van der Waals surface area (Å²) in [5.74, 6) is 0.111. The quantitative estimate of drug-likeness (QED) is 0.714. The Bertz CT molecular complexity index is 387. The van der Waals surface area contributed by atoms with E-state index in [-0.39, 0.29) is 5.78 Å². The summed E-state index contributed by atoms with van der Waals surface area (Å²) in [6.07, 6.45) is 3.07. The van der Waals surface area contributed by atoms with Crippen molar-refractivity contribution >= 4 is 14.9 Å². The largest absolute Gasteiger partial charge is 0.220 e. The summed E-state index contributed by atoms with van der Waals surface area (Å²) in [6.45, 7) is 6.12. The molecule has 0 bridgehead atoms. The van der Waals surface area contributed by atoms with E-state index in [1.807, 2.05) is 49.2 Å². The molecule has 2 rings (SSSR count). The molecule has 0 fully saturated rings. The van der Waals surface area contributed by atoms with Gasteiger partial charge in [-0.3, -0.25) is 0 Å². The lowest BCUT2D eigenvalue weighted by Crippen LogP contribution is -2.19. The standard InChI is InChI=1S/C11H14N3P.C2H6/c1-2-9-8-11(15)12-13-14(9)10-6-4-3-5-7-10;1-2/h3-8,11H,2,15H2,1H3;1-2H3. The van der Waals surface area contributed by atoms with Crippen LogP contribution in [0, 0.1) is 0 Å². The van der Waals surface area contributed by atoms with Crippen molar-refractivity contribution in [1.29, 1.82) is 0 Å². The van der Waals surface area contributed by atoms with Crippen LogP contribution in [0.25, 0.3) is 0 Å². The van der Waals surface area contributed by atoms with E-state index in [4.69, 9.17) is 0 Å². The van der Waals surface area contributed by atoms with Crippen LogP contribution in [0.15, 0.2) is 52.4 Å². The van der Waals surface area contributed by atoms with Crippen molar-refractivity contribution in [3.63, 3.8) is 0 Å². The van der Waals surface area contributed by atoms with Gasteiger partial charge in [-0.05, 0) is 24.6 Å². The van der Waals surface area contributed by atoms with Gasteiger partial charge in [0.1, 0.15) is 5.78 Å². The molecule has 2 atom stereocenters. The number of hydrogen-bond acceptors (Lipinski definition) is 3. The fourth-order valence-electron chi connectivity index (χ4n) is 1.52. The molecule has 1 aliphatic rings. The summed E-state index contributed by atoms with van der Waals surface area (Å²) in [5, 5.41) is 10.2. The van der Waals surface area contributed by atoms with E-state index in [1.54, 1.807) is 0 Å². The van der Waals surface area contributed by atoms with E-state index in [9.17, 15) is 0 Å². The Morgan fingerprint density at radius 3 is 2.47 bits per heavy atom.